The van der Waals surface area contributed by atoms with E-state index in [1.54, 1.807) is 35.6 Å². The Hall–Kier alpha value is -3.98. The maximum Gasteiger partial charge on any atom is 0.246 e. The number of phenolic OH excluding ortho intramolecular Hbond substituents is 1. The summed E-state index contributed by atoms with van der Waals surface area (Å²) in [6.45, 7) is 10.9. The maximum atomic E-state index is 13.1. The molecule has 0 radical (unpaired) electrons. The third-order valence-electron chi connectivity index (χ3n) is 7.72. The number of carbonyl (C=O) groups excluding carboxylic acids is 1. The second-order valence-electron chi connectivity index (χ2n) is 10.6. The smallest absolute Gasteiger partial charge is 0.246 e. The van der Waals surface area contributed by atoms with Gasteiger partial charge in [0.25, 0.3) is 0 Å². The molecule has 1 aliphatic rings. The van der Waals surface area contributed by atoms with Crippen molar-refractivity contribution in [3.8, 4) is 17.2 Å². The van der Waals surface area contributed by atoms with Gasteiger partial charge in [0.05, 0.1) is 22.8 Å². The van der Waals surface area contributed by atoms with Gasteiger partial charge in [0.15, 0.2) is 11.5 Å². The molecule has 1 aliphatic heterocycles. The van der Waals surface area contributed by atoms with Crippen molar-refractivity contribution in [3.05, 3.63) is 70.4 Å². The van der Waals surface area contributed by atoms with E-state index in [2.05, 4.69) is 37.6 Å². The van der Waals surface area contributed by atoms with E-state index >= 15 is 0 Å². The monoisotopic (exact) mass is 604 g/mol. The third kappa shape index (κ3) is 8.54. The van der Waals surface area contributed by atoms with Crippen LogP contribution in [-0.4, -0.2) is 60.1 Å². The highest BCUT2D eigenvalue weighted by Gasteiger charge is 2.21. The molecule has 0 bridgehead atoms. The highest BCUT2D eigenvalue weighted by atomic mass is 32.1. The second kappa shape index (κ2) is 15.5. The molecule has 1 saturated heterocycles. The first-order chi connectivity index (χ1) is 20.8. The number of ether oxygens (including phenoxy) is 2. The number of aliphatic imine (C=N–C) groups is 1. The number of nitrogens with zero attached hydrogens (tertiary/aromatic N) is 3. The number of hydrogen-bond donors (Lipinski definition) is 2. The van der Waals surface area contributed by atoms with Crippen LogP contribution in [-0.2, 0) is 4.79 Å². The Bertz CT molecular complexity index is 1340. The summed E-state index contributed by atoms with van der Waals surface area (Å²) in [5.74, 6) is 1.23. The van der Waals surface area contributed by atoms with Crippen molar-refractivity contribution in [1.82, 2.24) is 4.90 Å². The summed E-state index contributed by atoms with van der Waals surface area (Å²) in [6, 6.07) is 15.5. The van der Waals surface area contributed by atoms with Crippen molar-refractivity contribution >= 4 is 40.5 Å². The number of carbonyl (C=O) groups is 1. The first-order valence-electron chi connectivity index (χ1n) is 15.2. The predicted octanol–water partition coefficient (Wildman–Crippen LogP) is 6.99. The van der Waals surface area contributed by atoms with Gasteiger partial charge in [0, 0.05) is 37.9 Å². The maximum absolute atomic E-state index is 13.1. The van der Waals surface area contributed by atoms with Crippen LogP contribution >= 0.6 is 11.3 Å². The lowest BCUT2D eigenvalue weighted by molar-refractivity contribution is -0.126. The van der Waals surface area contributed by atoms with Crippen molar-refractivity contribution in [2.45, 2.75) is 65.6 Å². The van der Waals surface area contributed by atoms with E-state index in [1.165, 1.54) is 0 Å². The summed E-state index contributed by atoms with van der Waals surface area (Å²) in [6.07, 6.45) is 6.63. The zero-order chi connectivity index (χ0) is 30.8. The van der Waals surface area contributed by atoms with Gasteiger partial charge >= 0.3 is 0 Å². The molecule has 2 aromatic carbocycles. The van der Waals surface area contributed by atoms with E-state index in [1.807, 2.05) is 46.7 Å². The largest absolute Gasteiger partial charge is 0.502 e. The highest BCUT2D eigenvalue weighted by Crippen LogP contribution is 2.40. The Morgan fingerprint density at radius 2 is 1.53 bits per heavy atom. The van der Waals surface area contributed by atoms with E-state index in [9.17, 15) is 9.90 Å². The summed E-state index contributed by atoms with van der Waals surface area (Å²) < 4.78 is 12.2. The van der Waals surface area contributed by atoms with Crippen LogP contribution in [0.15, 0.2) is 65.0 Å². The summed E-state index contributed by atoms with van der Waals surface area (Å²) in [4.78, 5) is 22.7. The van der Waals surface area contributed by atoms with Crippen LogP contribution in [0.2, 0.25) is 0 Å². The quantitative estimate of drug-likeness (QED) is 0.124. The van der Waals surface area contributed by atoms with Crippen LogP contribution in [0.1, 0.15) is 63.8 Å². The fraction of sp³-hybridized carbons (Fsp3) is 0.412. The highest BCUT2D eigenvalue weighted by molar-refractivity contribution is 7.12. The molecule has 0 aliphatic carbocycles. The Labute approximate surface area is 259 Å². The molecule has 3 aromatic rings. The molecular formula is C34H44N4O4S. The summed E-state index contributed by atoms with van der Waals surface area (Å²) >= 11 is 1.57. The van der Waals surface area contributed by atoms with Gasteiger partial charge in [-0.3, -0.25) is 4.79 Å². The van der Waals surface area contributed by atoms with Gasteiger partial charge in [-0.2, -0.15) is 0 Å². The van der Waals surface area contributed by atoms with Crippen LogP contribution in [0.25, 0.3) is 6.08 Å². The lowest BCUT2D eigenvalue weighted by Crippen LogP contribution is -2.48. The molecule has 8 nitrogen and oxygen atoms in total. The third-order valence-corrected chi connectivity index (χ3v) is 8.61. The number of anilines is 1. The molecule has 0 saturated carbocycles. The van der Waals surface area contributed by atoms with E-state index in [4.69, 9.17) is 15.2 Å². The van der Waals surface area contributed by atoms with E-state index in [0.29, 0.717) is 30.4 Å². The van der Waals surface area contributed by atoms with Gasteiger partial charge in [0.2, 0.25) is 11.7 Å². The van der Waals surface area contributed by atoms with E-state index in [0.717, 1.165) is 60.6 Å². The Balaban J connectivity index is 1.39. The fourth-order valence-electron chi connectivity index (χ4n) is 4.96. The average Bonchev–Trinajstić information content (AvgIpc) is 3.59. The summed E-state index contributed by atoms with van der Waals surface area (Å²) in [5.41, 5.74) is 8.77. The molecule has 9 heteroatoms. The van der Waals surface area contributed by atoms with Gasteiger partial charge in [-0.25, -0.2) is 4.99 Å². The van der Waals surface area contributed by atoms with Crippen LogP contribution in [0.5, 0.6) is 17.2 Å². The minimum Gasteiger partial charge on any atom is -0.502 e. The average molecular weight is 605 g/mol. The lowest BCUT2D eigenvalue weighted by Gasteiger charge is -2.35. The van der Waals surface area contributed by atoms with Gasteiger partial charge in [-0.05, 0) is 85.2 Å². The molecule has 0 unspecified atom stereocenters. The number of benzene rings is 2. The number of hydrogen-bond acceptors (Lipinski definition) is 7. The topological polar surface area (TPSA) is 101 Å². The molecular weight excluding hydrogens is 560 g/mol. The summed E-state index contributed by atoms with van der Waals surface area (Å²) in [5, 5.41) is 12.9. The Morgan fingerprint density at radius 1 is 0.953 bits per heavy atom. The molecule has 230 valence electrons. The number of thiophene rings is 1. The van der Waals surface area contributed by atoms with Gasteiger partial charge in [-0.15, -0.1) is 11.3 Å². The molecule has 1 aromatic heterocycles. The van der Waals surface area contributed by atoms with Crippen LogP contribution < -0.4 is 20.1 Å². The SMILES string of the molecule is CCC(CC)Oc1cc(C=CC(=O)N2CCN(c3ccc(N=C(N)c4cccs4)cc3)CC2)cc(OC(CC)CC)c1O. The van der Waals surface area contributed by atoms with E-state index in [-0.39, 0.29) is 23.9 Å². The fourth-order valence-corrected chi connectivity index (χ4v) is 5.59. The number of amidine groups is 1. The van der Waals surface area contributed by atoms with Crippen LogP contribution in [0.4, 0.5) is 11.4 Å². The minimum atomic E-state index is -0.0496. The van der Waals surface area contributed by atoms with Crippen LogP contribution in [0, 0.1) is 0 Å². The molecule has 1 fully saturated rings. The first-order valence-corrected chi connectivity index (χ1v) is 16.1. The Morgan fingerprint density at radius 3 is 2.05 bits per heavy atom. The number of amides is 1. The molecule has 1 amide bonds. The zero-order valence-corrected chi connectivity index (χ0v) is 26.5. The number of aromatic hydroxyl groups is 1. The molecule has 0 atom stereocenters. The normalized spacial score (nSPS) is 14.2. The molecule has 43 heavy (non-hydrogen) atoms. The van der Waals surface area contributed by atoms with Crippen LogP contribution in [0.3, 0.4) is 0 Å². The van der Waals surface area contributed by atoms with Gasteiger partial charge < -0.3 is 30.1 Å². The van der Waals surface area contributed by atoms with E-state index < -0.39 is 0 Å². The number of nitrogens with two attached hydrogens (primary N) is 1. The predicted molar refractivity (Wildman–Crippen MR) is 177 cm³/mol. The molecule has 2 heterocycles. The standard InChI is InChI=1S/C34H44N4O4S/c1-5-27(6-2)41-29-22-24(23-30(33(29)40)42-28(7-3)8-4)11-16-32(39)38-19-17-37(18-20-38)26-14-12-25(13-15-26)36-34(35)31-10-9-21-43-31/h9-16,21-23,27-28,40H,5-8,17-20H2,1-4H3,(H2,35,36). The minimum absolute atomic E-state index is 0.00390. The van der Waals surface area contributed by atoms with Crippen molar-refractivity contribution in [1.29, 1.82) is 0 Å². The van der Waals surface area contributed by atoms with Crippen molar-refractivity contribution in [3.63, 3.8) is 0 Å². The molecule has 4 rings (SSSR count). The number of phenols is 1. The van der Waals surface area contributed by atoms with Crippen molar-refractivity contribution in [2.24, 2.45) is 10.7 Å². The van der Waals surface area contributed by atoms with Gasteiger partial charge in [0.1, 0.15) is 5.84 Å². The molecule has 0 spiro atoms. The second-order valence-corrected chi connectivity index (χ2v) is 11.6. The van der Waals surface area contributed by atoms with Gasteiger partial charge in [-0.1, -0.05) is 33.8 Å². The first kappa shape index (κ1) is 31.9. The van der Waals surface area contributed by atoms with Crippen molar-refractivity contribution in [2.75, 3.05) is 31.1 Å². The Kier molecular flexibility index (Phi) is 11.5. The lowest BCUT2D eigenvalue weighted by atomic mass is 10.1. The zero-order valence-electron chi connectivity index (χ0n) is 25.7. The molecule has 3 N–H and O–H groups in total. The number of piperazine rings is 1. The number of rotatable bonds is 13. The van der Waals surface area contributed by atoms with Crippen molar-refractivity contribution < 1.29 is 19.4 Å². The summed E-state index contributed by atoms with van der Waals surface area (Å²) in [7, 11) is 0.